The molecule has 18 heavy (non-hydrogen) atoms. The monoisotopic (exact) mass is 259 g/mol. The maximum Gasteiger partial charge on any atom is 0.326 e. The van der Waals surface area contributed by atoms with Crippen molar-refractivity contribution in [1.29, 1.82) is 0 Å². The van der Waals surface area contributed by atoms with Crippen LogP contribution in [0.4, 0.5) is 0 Å². The second-order valence-electron chi connectivity index (χ2n) is 5.37. The second-order valence-corrected chi connectivity index (χ2v) is 5.37. The van der Waals surface area contributed by atoms with Gasteiger partial charge in [0.2, 0.25) is 0 Å². The quantitative estimate of drug-likeness (QED) is 0.646. The fourth-order valence-electron chi connectivity index (χ4n) is 1.72. The minimum Gasteiger partial charge on any atom is -0.465 e. The highest BCUT2D eigenvalue weighted by Gasteiger charge is 2.34. The zero-order valence-electron chi connectivity index (χ0n) is 12.7. The van der Waals surface area contributed by atoms with E-state index < -0.39 is 5.54 Å². The van der Waals surface area contributed by atoms with Gasteiger partial charge in [0.15, 0.2) is 0 Å². The highest BCUT2D eigenvalue weighted by atomic mass is 16.5. The Morgan fingerprint density at radius 1 is 1.33 bits per heavy atom. The molecule has 0 radical (unpaired) electrons. The number of likely N-dealkylation sites (N-methyl/N-ethyl adjacent to an activating group) is 1. The summed E-state index contributed by atoms with van der Waals surface area (Å²) in [6.07, 6.45) is 1.69. The maximum atomic E-state index is 11.9. The zero-order valence-corrected chi connectivity index (χ0v) is 12.7. The van der Waals surface area contributed by atoms with Crippen LogP contribution in [0.2, 0.25) is 0 Å². The van der Waals surface area contributed by atoms with Crippen molar-refractivity contribution in [3.05, 3.63) is 0 Å². The third-order valence-electron chi connectivity index (χ3n) is 3.07. The fourth-order valence-corrected chi connectivity index (χ4v) is 1.72. The average molecular weight is 259 g/mol. The Hall–Kier alpha value is -0.610. The fraction of sp³-hybridized carbons (Fsp3) is 0.929. The van der Waals surface area contributed by atoms with Crippen LogP contribution < -0.4 is 5.32 Å². The molecular weight excluding hydrogens is 230 g/mol. The smallest absolute Gasteiger partial charge is 0.326 e. The Balaban J connectivity index is 4.21. The largest absolute Gasteiger partial charge is 0.465 e. The van der Waals surface area contributed by atoms with Gasteiger partial charge >= 0.3 is 5.97 Å². The number of carbonyl (C=O) groups is 1. The molecule has 0 rings (SSSR count). The van der Waals surface area contributed by atoms with Crippen LogP contribution in [0.1, 0.15) is 47.5 Å². The van der Waals surface area contributed by atoms with Crippen LogP contribution in [0.25, 0.3) is 0 Å². The number of hydrogen-bond acceptors (Lipinski definition) is 4. The molecule has 0 aromatic heterocycles. The molecule has 0 heterocycles. The van der Waals surface area contributed by atoms with E-state index in [9.17, 15) is 4.79 Å². The Morgan fingerprint density at radius 2 is 1.94 bits per heavy atom. The predicted molar refractivity (Wildman–Crippen MR) is 73.6 cm³/mol. The zero-order chi connectivity index (χ0) is 14.2. The summed E-state index contributed by atoms with van der Waals surface area (Å²) < 4.78 is 10.8. The van der Waals surface area contributed by atoms with Crippen LogP contribution in [0.15, 0.2) is 0 Å². The number of ether oxygens (including phenoxy) is 2. The van der Waals surface area contributed by atoms with Crippen molar-refractivity contribution in [2.24, 2.45) is 5.92 Å². The molecule has 0 saturated heterocycles. The van der Waals surface area contributed by atoms with E-state index in [2.05, 4.69) is 19.2 Å². The first kappa shape index (κ1) is 17.4. The van der Waals surface area contributed by atoms with E-state index in [1.165, 1.54) is 0 Å². The summed E-state index contributed by atoms with van der Waals surface area (Å²) in [5.41, 5.74) is -0.673. The van der Waals surface area contributed by atoms with Gasteiger partial charge < -0.3 is 14.8 Å². The number of carbonyl (C=O) groups excluding carboxylic acids is 1. The number of esters is 1. The van der Waals surface area contributed by atoms with E-state index in [0.29, 0.717) is 18.9 Å². The van der Waals surface area contributed by atoms with Crippen molar-refractivity contribution < 1.29 is 14.3 Å². The molecule has 0 aliphatic rings. The summed E-state index contributed by atoms with van der Waals surface area (Å²) in [5.74, 6) is 0.421. The maximum absolute atomic E-state index is 11.9. The Morgan fingerprint density at radius 3 is 2.39 bits per heavy atom. The van der Waals surface area contributed by atoms with Crippen LogP contribution >= 0.6 is 0 Å². The third-order valence-corrected chi connectivity index (χ3v) is 3.07. The molecule has 0 amide bonds. The number of nitrogens with one attached hydrogen (secondary N) is 1. The van der Waals surface area contributed by atoms with Crippen LogP contribution in [0.3, 0.4) is 0 Å². The van der Waals surface area contributed by atoms with Gasteiger partial charge in [-0.25, -0.2) is 0 Å². The summed E-state index contributed by atoms with van der Waals surface area (Å²) in [6.45, 7) is 11.1. The van der Waals surface area contributed by atoms with Gasteiger partial charge in [-0.1, -0.05) is 13.8 Å². The normalized spacial score (nSPS) is 16.4. The van der Waals surface area contributed by atoms with E-state index in [0.717, 1.165) is 13.0 Å². The molecule has 0 aromatic carbocycles. The molecule has 0 fully saturated rings. The van der Waals surface area contributed by atoms with Crippen LogP contribution in [-0.2, 0) is 14.3 Å². The first-order valence-electron chi connectivity index (χ1n) is 6.83. The first-order valence-corrected chi connectivity index (χ1v) is 6.83. The lowest BCUT2D eigenvalue weighted by molar-refractivity contribution is -0.152. The SMILES string of the molecule is CCOC(=O)C(C)(CC(C)OCCC(C)C)NC. The lowest BCUT2D eigenvalue weighted by Gasteiger charge is -2.29. The van der Waals surface area contributed by atoms with E-state index in [-0.39, 0.29) is 12.1 Å². The van der Waals surface area contributed by atoms with Gasteiger partial charge in [-0.3, -0.25) is 4.79 Å². The van der Waals surface area contributed by atoms with Crippen molar-refractivity contribution in [1.82, 2.24) is 5.32 Å². The average Bonchev–Trinajstić information content (AvgIpc) is 2.28. The highest BCUT2D eigenvalue weighted by molar-refractivity contribution is 5.80. The summed E-state index contributed by atoms with van der Waals surface area (Å²) in [5, 5.41) is 3.04. The lowest BCUT2D eigenvalue weighted by Crippen LogP contribution is -2.50. The highest BCUT2D eigenvalue weighted by Crippen LogP contribution is 2.17. The van der Waals surface area contributed by atoms with Crippen molar-refractivity contribution >= 4 is 5.97 Å². The predicted octanol–water partition coefficient (Wildman–Crippen LogP) is 2.37. The van der Waals surface area contributed by atoms with Gasteiger partial charge in [-0.15, -0.1) is 0 Å². The first-order chi connectivity index (χ1) is 8.35. The molecule has 108 valence electrons. The topological polar surface area (TPSA) is 47.6 Å². The van der Waals surface area contributed by atoms with Crippen LogP contribution in [0, 0.1) is 5.92 Å². The Bertz CT molecular complexity index is 243. The van der Waals surface area contributed by atoms with Crippen molar-refractivity contribution in [2.45, 2.75) is 59.1 Å². The Labute approximate surface area is 111 Å². The summed E-state index contributed by atoms with van der Waals surface area (Å²) in [4.78, 5) is 11.9. The molecule has 1 N–H and O–H groups in total. The van der Waals surface area contributed by atoms with Crippen molar-refractivity contribution in [2.75, 3.05) is 20.3 Å². The minimum atomic E-state index is -0.673. The van der Waals surface area contributed by atoms with E-state index in [4.69, 9.17) is 9.47 Å². The van der Waals surface area contributed by atoms with Crippen LogP contribution in [-0.4, -0.2) is 37.9 Å². The van der Waals surface area contributed by atoms with E-state index in [1.54, 1.807) is 7.05 Å². The molecule has 0 spiro atoms. The molecule has 4 nitrogen and oxygen atoms in total. The number of rotatable bonds is 9. The lowest BCUT2D eigenvalue weighted by atomic mass is 9.95. The summed E-state index contributed by atoms with van der Waals surface area (Å²) >= 11 is 0. The molecule has 0 aliphatic heterocycles. The van der Waals surface area contributed by atoms with Gasteiger partial charge in [0.1, 0.15) is 5.54 Å². The molecule has 4 heteroatoms. The molecule has 0 aromatic rings. The standard InChI is InChI=1S/C14H29NO3/c1-7-17-13(16)14(5,15-6)10-12(4)18-9-8-11(2)3/h11-12,15H,7-10H2,1-6H3. The van der Waals surface area contributed by atoms with Gasteiger partial charge in [0, 0.05) is 13.0 Å². The van der Waals surface area contributed by atoms with Crippen molar-refractivity contribution in [3.8, 4) is 0 Å². The molecule has 0 bridgehead atoms. The third kappa shape index (κ3) is 6.36. The van der Waals surface area contributed by atoms with Gasteiger partial charge in [0.25, 0.3) is 0 Å². The van der Waals surface area contributed by atoms with Gasteiger partial charge in [-0.2, -0.15) is 0 Å². The van der Waals surface area contributed by atoms with Gasteiger partial charge in [-0.05, 0) is 40.2 Å². The molecule has 0 saturated carbocycles. The van der Waals surface area contributed by atoms with E-state index in [1.807, 2.05) is 20.8 Å². The Kier molecular flexibility index (Phi) is 8.20. The molecule has 2 unspecified atom stereocenters. The summed E-state index contributed by atoms with van der Waals surface area (Å²) in [6, 6.07) is 0. The minimum absolute atomic E-state index is 0.0330. The van der Waals surface area contributed by atoms with Gasteiger partial charge in [0.05, 0.1) is 12.7 Å². The summed E-state index contributed by atoms with van der Waals surface area (Å²) in [7, 11) is 1.78. The second kappa shape index (κ2) is 8.48. The van der Waals surface area contributed by atoms with Crippen LogP contribution in [0.5, 0.6) is 0 Å². The van der Waals surface area contributed by atoms with E-state index >= 15 is 0 Å². The molecular formula is C14H29NO3. The molecule has 2 atom stereocenters. The van der Waals surface area contributed by atoms with Crippen molar-refractivity contribution in [3.63, 3.8) is 0 Å². The number of hydrogen-bond donors (Lipinski definition) is 1. The molecule has 0 aliphatic carbocycles.